The van der Waals surface area contributed by atoms with Crippen LogP contribution in [0.15, 0.2) is 18.2 Å². The summed E-state index contributed by atoms with van der Waals surface area (Å²) in [5.41, 5.74) is 0.553. The van der Waals surface area contributed by atoms with Gasteiger partial charge >= 0.3 is 0 Å². The van der Waals surface area contributed by atoms with E-state index in [1.54, 1.807) is 7.11 Å². The molecule has 0 bridgehead atoms. The van der Waals surface area contributed by atoms with Gasteiger partial charge in [0.2, 0.25) is 0 Å². The Morgan fingerprint density at radius 2 is 2.38 bits per heavy atom. The van der Waals surface area contributed by atoms with Crippen molar-refractivity contribution in [2.75, 3.05) is 40.4 Å². The van der Waals surface area contributed by atoms with E-state index < -0.39 is 5.60 Å². The number of fused-ring (bicyclic) bond motifs is 1. The maximum Gasteiger partial charge on any atom is 0.122 e. The SMILES string of the molecule is COc1ccc2c(c1)C[C@H](NC[C@@]1(O)CCN(C)C1)CO2. The van der Waals surface area contributed by atoms with Gasteiger partial charge in [-0.3, -0.25) is 0 Å². The normalized spacial score (nSPS) is 29.0. The highest BCUT2D eigenvalue weighted by molar-refractivity contribution is 5.42. The summed E-state index contributed by atoms with van der Waals surface area (Å²) in [6, 6.07) is 6.15. The Morgan fingerprint density at radius 3 is 3.10 bits per heavy atom. The van der Waals surface area contributed by atoms with Gasteiger partial charge in [-0.15, -0.1) is 0 Å². The number of aliphatic hydroxyl groups is 1. The van der Waals surface area contributed by atoms with Crippen molar-refractivity contribution in [2.24, 2.45) is 0 Å². The number of hydrogen-bond acceptors (Lipinski definition) is 5. The summed E-state index contributed by atoms with van der Waals surface area (Å²) in [6.45, 7) is 2.95. The number of hydrogen-bond donors (Lipinski definition) is 2. The number of methoxy groups -OCH3 is 1. The molecule has 0 radical (unpaired) electrons. The van der Waals surface area contributed by atoms with Crippen LogP contribution in [0.3, 0.4) is 0 Å². The van der Waals surface area contributed by atoms with Crippen molar-refractivity contribution in [2.45, 2.75) is 24.5 Å². The number of nitrogens with zero attached hydrogens (tertiary/aromatic N) is 1. The van der Waals surface area contributed by atoms with Crippen molar-refractivity contribution in [1.82, 2.24) is 10.2 Å². The molecule has 116 valence electrons. The standard InChI is InChI=1S/C16H24N2O3/c1-18-6-5-16(19,11-18)10-17-13-7-12-8-14(20-2)3-4-15(12)21-9-13/h3-4,8,13,17,19H,5-7,9-11H2,1-2H3/t13-,16-/m0/s1. The minimum absolute atomic E-state index is 0.236. The van der Waals surface area contributed by atoms with E-state index in [-0.39, 0.29) is 6.04 Å². The topological polar surface area (TPSA) is 54.0 Å². The molecule has 2 aliphatic rings. The molecule has 0 aliphatic carbocycles. The molecule has 5 heteroatoms. The molecule has 2 aliphatic heterocycles. The molecule has 5 nitrogen and oxygen atoms in total. The Labute approximate surface area is 125 Å². The monoisotopic (exact) mass is 292 g/mol. The molecule has 1 aromatic rings. The quantitative estimate of drug-likeness (QED) is 0.854. The van der Waals surface area contributed by atoms with E-state index in [0.29, 0.717) is 13.2 Å². The van der Waals surface area contributed by atoms with Gasteiger partial charge in [0.25, 0.3) is 0 Å². The number of ether oxygens (including phenoxy) is 2. The van der Waals surface area contributed by atoms with Crippen LogP contribution in [0, 0.1) is 0 Å². The zero-order chi connectivity index (χ0) is 14.9. The lowest BCUT2D eigenvalue weighted by molar-refractivity contribution is 0.0462. The van der Waals surface area contributed by atoms with E-state index >= 15 is 0 Å². The number of nitrogens with one attached hydrogen (secondary N) is 1. The van der Waals surface area contributed by atoms with Crippen LogP contribution >= 0.6 is 0 Å². The number of rotatable bonds is 4. The summed E-state index contributed by atoms with van der Waals surface area (Å²) >= 11 is 0. The van der Waals surface area contributed by atoms with Gasteiger partial charge < -0.3 is 24.8 Å². The van der Waals surface area contributed by atoms with Crippen LogP contribution in [-0.4, -0.2) is 62.0 Å². The summed E-state index contributed by atoms with van der Waals surface area (Å²) < 4.78 is 11.1. The van der Waals surface area contributed by atoms with Crippen LogP contribution < -0.4 is 14.8 Å². The minimum Gasteiger partial charge on any atom is -0.497 e. The first-order chi connectivity index (χ1) is 10.1. The van der Waals surface area contributed by atoms with E-state index in [1.807, 2.05) is 25.2 Å². The second-order valence-corrected chi connectivity index (χ2v) is 6.28. The van der Waals surface area contributed by atoms with Gasteiger partial charge in [-0.25, -0.2) is 0 Å². The zero-order valence-corrected chi connectivity index (χ0v) is 12.8. The summed E-state index contributed by atoms with van der Waals surface area (Å²) in [4.78, 5) is 2.17. The Kier molecular flexibility index (Phi) is 4.06. The van der Waals surface area contributed by atoms with Crippen LogP contribution in [0.25, 0.3) is 0 Å². The third kappa shape index (κ3) is 3.31. The molecule has 1 aromatic carbocycles. The van der Waals surface area contributed by atoms with Crippen LogP contribution in [-0.2, 0) is 6.42 Å². The third-order valence-corrected chi connectivity index (χ3v) is 4.42. The molecular formula is C16H24N2O3. The van der Waals surface area contributed by atoms with Crippen LogP contribution in [0.4, 0.5) is 0 Å². The van der Waals surface area contributed by atoms with E-state index in [9.17, 15) is 5.11 Å². The Morgan fingerprint density at radius 1 is 1.52 bits per heavy atom. The van der Waals surface area contributed by atoms with Crippen molar-refractivity contribution in [3.8, 4) is 11.5 Å². The van der Waals surface area contributed by atoms with E-state index in [0.717, 1.165) is 43.0 Å². The largest absolute Gasteiger partial charge is 0.497 e. The van der Waals surface area contributed by atoms with Gasteiger partial charge in [0, 0.05) is 25.7 Å². The van der Waals surface area contributed by atoms with E-state index in [4.69, 9.17) is 9.47 Å². The predicted molar refractivity (Wildman–Crippen MR) is 81.0 cm³/mol. The second-order valence-electron chi connectivity index (χ2n) is 6.28. The average molecular weight is 292 g/mol. The molecule has 0 unspecified atom stereocenters. The number of benzene rings is 1. The maximum atomic E-state index is 10.5. The molecule has 0 spiro atoms. The van der Waals surface area contributed by atoms with Crippen molar-refractivity contribution in [3.63, 3.8) is 0 Å². The first-order valence-electron chi connectivity index (χ1n) is 7.52. The summed E-state index contributed by atoms with van der Waals surface area (Å²) in [7, 11) is 3.72. The fraction of sp³-hybridized carbons (Fsp3) is 0.625. The molecule has 0 amide bonds. The smallest absolute Gasteiger partial charge is 0.122 e. The summed E-state index contributed by atoms with van der Waals surface area (Å²) in [5.74, 6) is 1.79. The highest BCUT2D eigenvalue weighted by atomic mass is 16.5. The van der Waals surface area contributed by atoms with Gasteiger partial charge in [-0.2, -0.15) is 0 Å². The van der Waals surface area contributed by atoms with Crippen molar-refractivity contribution >= 4 is 0 Å². The lowest BCUT2D eigenvalue weighted by Gasteiger charge is -2.30. The van der Waals surface area contributed by atoms with Gasteiger partial charge in [-0.1, -0.05) is 0 Å². The van der Waals surface area contributed by atoms with Gasteiger partial charge in [-0.05, 0) is 43.7 Å². The van der Waals surface area contributed by atoms with E-state index in [1.165, 1.54) is 0 Å². The molecule has 1 saturated heterocycles. The molecule has 3 rings (SSSR count). The molecule has 1 fully saturated rings. The fourth-order valence-electron chi connectivity index (χ4n) is 3.17. The van der Waals surface area contributed by atoms with Crippen molar-refractivity contribution in [3.05, 3.63) is 23.8 Å². The van der Waals surface area contributed by atoms with Gasteiger partial charge in [0.05, 0.1) is 12.7 Å². The first-order valence-corrected chi connectivity index (χ1v) is 7.52. The maximum absolute atomic E-state index is 10.5. The summed E-state index contributed by atoms with van der Waals surface area (Å²) in [6.07, 6.45) is 1.73. The molecule has 21 heavy (non-hydrogen) atoms. The molecule has 0 saturated carbocycles. The Hall–Kier alpha value is -1.30. The zero-order valence-electron chi connectivity index (χ0n) is 12.8. The summed E-state index contributed by atoms with van der Waals surface area (Å²) in [5, 5.41) is 14.0. The highest BCUT2D eigenvalue weighted by Crippen LogP contribution is 2.29. The number of likely N-dealkylation sites (tertiary alicyclic amines) is 1. The molecule has 0 aromatic heterocycles. The molecule has 2 N–H and O–H groups in total. The second kappa shape index (κ2) is 5.83. The minimum atomic E-state index is -0.608. The fourth-order valence-corrected chi connectivity index (χ4v) is 3.17. The highest BCUT2D eigenvalue weighted by Gasteiger charge is 2.35. The molecular weight excluding hydrogens is 268 g/mol. The van der Waals surface area contributed by atoms with Crippen molar-refractivity contribution < 1.29 is 14.6 Å². The average Bonchev–Trinajstić information content (AvgIpc) is 2.84. The van der Waals surface area contributed by atoms with Gasteiger partial charge in [0.15, 0.2) is 0 Å². The first kappa shape index (κ1) is 14.6. The Balaban J connectivity index is 1.58. The van der Waals surface area contributed by atoms with Crippen LogP contribution in [0.1, 0.15) is 12.0 Å². The number of likely N-dealkylation sites (N-methyl/N-ethyl adjacent to an activating group) is 1. The third-order valence-electron chi connectivity index (χ3n) is 4.42. The van der Waals surface area contributed by atoms with Crippen LogP contribution in [0.2, 0.25) is 0 Å². The lowest BCUT2D eigenvalue weighted by Crippen LogP contribution is -2.49. The lowest BCUT2D eigenvalue weighted by atomic mass is 9.99. The van der Waals surface area contributed by atoms with Crippen LogP contribution in [0.5, 0.6) is 11.5 Å². The number of β-amino-alcohol motifs (C(OH)–C–C–N with tert-alkyl or cyclic N) is 1. The molecule has 2 heterocycles. The van der Waals surface area contributed by atoms with E-state index in [2.05, 4.69) is 10.2 Å². The predicted octanol–water partition coefficient (Wildman–Crippen LogP) is 0.655. The Bertz CT molecular complexity index is 508. The van der Waals surface area contributed by atoms with Gasteiger partial charge in [0.1, 0.15) is 18.1 Å². The molecule has 2 atom stereocenters. The van der Waals surface area contributed by atoms with Crippen molar-refractivity contribution in [1.29, 1.82) is 0 Å².